The first kappa shape index (κ1) is 20.0. The van der Waals surface area contributed by atoms with Crippen LogP contribution in [0.25, 0.3) is 0 Å². The largest absolute Gasteiger partial charge is 0.488 e. The van der Waals surface area contributed by atoms with Gasteiger partial charge in [0.05, 0.1) is 0 Å². The Balaban J connectivity index is 0.000000171. The monoisotopic (exact) mass is 354 g/mol. The summed E-state index contributed by atoms with van der Waals surface area (Å²) in [6.45, 7) is 10.6. The Morgan fingerprint density at radius 2 is 1.04 bits per heavy atom. The van der Waals surface area contributed by atoms with Crippen molar-refractivity contribution in [1.29, 1.82) is 0 Å². The Hall–Kier alpha value is -2.29. The summed E-state index contributed by atoms with van der Waals surface area (Å²) in [5, 5.41) is 0. The smallest absolute Gasteiger partial charge is 0.123 e. The number of carbonyl (C=O) groups excluding carboxylic acids is 1. The van der Waals surface area contributed by atoms with Gasteiger partial charge in [0.2, 0.25) is 0 Å². The molecular weight excluding hydrogens is 324 g/mol. The third-order valence-electron chi connectivity index (χ3n) is 4.71. The van der Waals surface area contributed by atoms with Crippen molar-refractivity contribution in [3.8, 4) is 11.5 Å². The second-order valence-corrected chi connectivity index (χ2v) is 7.94. The third-order valence-corrected chi connectivity index (χ3v) is 4.71. The topological polar surface area (TPSA) is 35.5 Å². The number of benzene rings is 2. The number of para-hydroxylation sites is 2. The van der Waals surface area contributed by atoms with Crippen molar-refractivity contribution in [3.63, 3.8) is 0 Å². The summed E-state index contributed by atoms with van der Waals surface area (Å²) in [7, 11) is 0. The van der Waals surface area contributed by atoms with Gasteiger partial charge in [-0.05, 0) is 76.6 Å². The lowest BCUT2D eigenvalue weighted by Crippen LogP contribution is -2.32. The van der Waals surface area contributed by atoms with Crippen LogP contribution >= 0.6 is 0 Å². The number of ether oxygens (including phenoxy) is 2. The van der Waals surface area contributed by atoms with E-state index >= 15 is 0 Å². The van der Waals surface area contributed by atoms with E-state index in [0.717, 1.165) is 37.2 Å². The van der Waals surface area contributed by atoms with E-state index < -0.39 is 0 Å². The van der Waals surface area contributed by atoms with Crippen LogP contribution in [-0.4, -0.2) is 18.0 Å². The highest BCUT2D eigenvalue weighted by atomic mass is 16.5. The van der Waals surface area contributed by atoms with Crippen molar-refractivity contribution in [2.75, 3.05) is 0 Å². The molecule has 0 fully saturated rings. The molecule has 0 bridgehead atoms. The summed E-state index contributed by atoms with van der Waals surface area (Å²) in [6.07, 6.45) is 4.51. The molecule has 0 atom stereocenters. The van der Waals surface area contributed by atoms with Gasteiger partial charge in [-0.25, -0.2) is 0 Å². The van der Waals surface area contributed by atoms with Crippen LogP contribution < -0.4 is 9.47 Å². The summed E-state index contributed by atoms with van der Waals surface area (Å²) in [5.74, 6) is 2.13. The number of rotatable bonds is 0. The number of fused-ring (bicyclic) bond motifs is 2. The summed E-state index contributed by atoms with van der Waals surface area (Å²) in [4.78, 5) is 8.00. The van der Waals surface area contributed by atoms with Gasteiger partial charge >= 0.3 is 0 Å². The lowest BCUT2D eigenvalue weighted by atomic mass is 9.94. The number of carbonyl (C=O) groups is 1. The zero-order valence-corrected chi connectivity index (χ0v) is 16.4. The van der Waals surface area contributed by atoms with E-state index in [0.29, 0.717) is 0 Å². The Labute approximate surface area is 157 Å². The molecule has 0 amide bonds. The van der Waals surface area contributed by atoms with Crippen molar-refractivity contribution < 1.29 is 14.3 Å². The quantitative estimate of drug-likeness (QED) is 0.636. The van der Waals surface area contributed by atoms with Crippen LogP contribution in [0.1, 0.15) is 51.7 Å². The molecular formula is C23H30O3. The van der Waals surface area contributed by atoms with Crippen molar-refractivity contribution in [2.24, 2.45) is 0 Å². The lowest BCUT2D eigenvalue weighted by molar-refractivity contribution is -0.0980. The molecule has 0 N–H and O–H groups in total. The maximum absolute atomic E-state index is 8.00. The van der Waals surface area contributed by atoms with Crippen LogP contribution in [0.4, 0.5) is 0 Å². The van der Waals surface area contributed by atoms with Gasteiger partial charge in [0, 0.05) is 0 Å². The zero-order valence-electron chi connectivity index (χ0n) is 16.4. The highest BCUT2D eigenvalue weighted by Gasteiger charge is 2.26. The van der Waals surface area contributed by atoms with Crippen LogP contribution in [0.5, 0.6) is 11.5 Å². The Bertz CT molecular complexity index is 657. The minimum absolute atomic E-state index is 0.0222. The van der Waals surface area contributed by atoms with Crippen molar-refractivity contribution in [2.45, 2.75) is 64.6 Å². The number of aryl methyl sites for hydroxylation is 2. The molecule has 4 rings (SSSR count). The molecule has 2 aliphatic rings. The zero-order chi connectivity index (χ0) is 19.2. The van der Waals surface area contributed by atoms with E-state index in [4.69, 9.17) is 14.3 Å². The van der Waals surface area contributed by atoms with Crippen LogP contribution in [0.3, 0.4) is 0 Å². The molecule has 0 unspecified atom stereocenters. The normalized spacial score (nSPS) is 18.2. The van der Waals surface area contributed by atoms with E-state index in [-0.39, 0.29) is 11.2 Å². The van der Waals surface area contributed by atoms with Crippen LogP contribution in [0.15, 0.2) is 48.5 Å². The SMILES string of the molecule is C=O.CC1(C)CCc2ccccc2O1.CC1(C)CCc2ccccc2O1. The maximum Gasteiger partial charge on any atom is 0.123 e. The van der Waals surface area contributed by atoms with Gasteiger partial charge in [-0.1, -0.05) is 36.4 Å². The summed E-state index contributed by atoms with van der Waals surface area (Å²) in [6, 6.07) is 16.6. The van der Waals surface area contributed by atoms with Crippen molar-refractivity contribution >= 4 is 6.79 Å². The fraction of sp³-hybridized carbons (Fsp3) is 0.435. The number of hydrogen-bond acceptors (Lipinski definition) is 3. The van der Waals surface area contributed by atoms with Gasteiger partial charge in [-0.3, -0.25) is 0 Å². The molecule has 0 aliphatic carbocycles. The first-order valence-electron chi connectivity index (χ1n) is 9.17. The van der Waals surface area contributed by atoms with E-state index in [1.54, 1.807) is 0 Å². The molecule has 0 spiro atoms. The van der Waals surface area contributed by atoms with E-state index in [9.17, 15) is 0 Å². The van der Waals surface area contributed by atoms with E-state index in [1.807, 2.05) is 18.9 Å². The fourth-order valence-corrected chi connectivity index (χ4v) is 3.19. The van der Waals surface area contributed by atoms with Gasteiger partial charge in [-0.2, -0.15) is 0 Å². The number of hydrogen-bond donors (Lipinski definition) is 0. The minimum Gasteiger partial charge on any atom is -0.488 e. The second kappa shape index (κ2) is 8.39. The highest BCUT2D eigenvalue weighted by Crippen LogP contribution is 2.33. The highest BCUT2D eigenvalue weighted by molar-refractivity contribution is 5.36. The molecule has 2 aromatic carbocycles. The molecule has 0 saturated heterocycles. The molecule has 0 saturated carbocycles. The molecule has 2 aromatic rings. The Morgan fingerprint density at radius 3 is 1.42 bits per heavy atom. The average molecular weight is 354 g/mol. The maximum atomic E-state index is 8.00. The molecule has 2 aliphatic heterocycles. The van der Waals surface area contributed by atoms with Crippen molar-refractivity contribution in [3.05, 3.63) is 59.7 Å². The molecule has 0 aromatic heterocycles. The summed E-state index contributed by atoms with van der Waals surface area (Å²) < 4.78 is 11.6. The van der Waals surface area contributed by atoms with Crippen molar-refractivity contribution in [1.82, 2.24) is 0 Å². The first-order chi connectivity index (χ1) is 12.3. The molecule has 0 radical (unpaired) electrons. The van der Waals surface area contributed by atoms with Gasteiger partial charge < -0.3 is 14.3 Å². The predicted octanol–water partition coefficient (Wildman–Crippen LogP) is 5.40. The third kappa shape index (κ3) is 5.35. The van der Waals surface area contributed by atoms with Gasteiger partial charge in [0.1, 0.15) is 29.5 Å². The second-order valence-electron chi connectivity index (χ2n) is 7.94. The van der Waals surface area contributed by atoms with Gasteiger partial charge in [0.25, 0.3) is 0 Å². The lowest BCUT2D eigenvalue weighted by Gasteiger charge is -2.32. The minimum atomic E-state index is 0.0222. The first-order valence-corrected chi connectivity index (χ1v) is 9.17. The molecule has 2 heterocycles. The molecule has 3 heteroatoms. The van der Waals surface area contributed by atoms with Gasteiger partial charge in [-0.15, -0.1) is 0 Å². The Kier molecular flexibility index (Phi) is 6.47. The molecule has 26 heavy (non-hydrogen) atoms. The van der Waals surface area contributed by atoms with E-state index in [2.05, 4.69) is 64.1 Å². The standard InChI is InChI=1S/2C11H14O.CH2O/c2*1-11(2)8-7-9-5-3-4-6-10(9)12-11;1-2/h2*3-6H,7-8H2,1-2H3;1H2. The average Bonchev–Trinajstić information content (AvgIpc) is 2.62. The van der Waals surface area contributed by atoms with Crippen LogP contribution in [0.2, 0.25) is 0 Å². The molecule has 140 valence electrons. The van der Waals surface area contributed by atoms with E-state index in [1.165, 1.54) is 11.1 Å². The molecule has 3 nitrogen and oxygen atoms in total. The van der Waals surface area contributed by atoms with Gasteiger partial charge in [0.15, 0.2) is 0 Å². The summed E-state index contributed by atoms with van der Waals surface area (Å²) >= 11 is 0. The van der Waals surface area contributed by atoms with Crippen LogP contribution in [0, 0.1) is 0 Å². The predicted molar refractivity (Wildman–Crippen MR) is 106 cm³/mol. The summed E-state index contributed by atoms with van der Waals surface area (Å²) in [5.41, 5.74) is 2.73. The Morgan fingerprint density at radius 1 is 0.692 bits per heavy atom. The van der Waals surface area contributed by atoms with Crippen LogP contribution in [-0.2, 0) is 17.6 Å². The fourth-order valence-electron chi connectivity index (χ4n) is 3.19.